The van der Waals surface area contributed by atoms with Crippen molar-refractivity contribution in [2.24, 2.45) is 23.2 Å². The minimum absolute atomic E-state index is 0.00273. The third-order valence-electron chi connectivity index (χ3n) is 6.80. The molecule has 2 unspecified atom stereocenters. The Balaban J connectivity index is 1.64. The zero-order chi connectivity index (χ0) is 14.1. The lowest BCUT2D eigenvalue weighted by atomic mass is 9.43. The summed E-state index contributed by atoms with van der Waals surface area (Å²) in [5.41, 5.74) is 0.209. The van der Waals surface area contributed by atoms with E-state index in [0.29, 0.717) is 5.41 Å². The van der Waals surface area contributed by atoms with E-state index in [1.165, 1.54) is 19.3 Å². The SMILES string of the molecule is CC1(C)C2CC[C@@H](CB3OC(C)(C)C(C)(C)O3)C1C2. The molecule has 4 rings (SSSR count). The van der Waals surface area contributed by atoms with E-state index in [0.717, 1.165) is 24.1 Å². The Morgan fingerprint density at radius 2 is 1.53 bits per heavy atom. The predicted octanol–water partition coefficient (Wildman–Crippen LogP) is 4.15. The first-order valence-electron chi connectivity index (χ1n) is 7.99. The molecule has 3 atom stereocenters. The van der Waals surface area contributed by atoms with Crippen molar-refractivity contribution >= 4 is 7.12 Å². The average Bonchev–Trinajstić information content (AvgIpc) is 2.46. The summed E-state index contributed by atoms with van der Waals surface area (Å²) >= 11 is 0. The van der Waals surface area contributed by atoms with E-state index in [-0.39, 0.29) is 18.3 Å². The lowest BCUT2D eigenvalue weighted by molar-refractivity contribution is -0.100. The lowest BCUT2D eigenvalue weighted by Gasteiger charge is -2.60. The summed E-state index contributed by atoms with van der Waals surface area (Å²) in [6.07, 6.45) is 5.32. The molecule has 4 fully saturated rings. The van der Waals surface area contributed by atoms with Gasteiger partial charge in [0.2, 0.25) is 0 Å². The molecule has 0 amide bonds. The van der Waals surface area contributed by atoms with Crippen LogP contribution >= 0.6 is 0 Å². The summed E-state index contributed by atoms with van der Waals surface area (Å²) in [6.45, 7) is 13.5. The Morgan fingerprint density at radius 1 is 0.947 bits per heavy atom. The Morgan fingerprint density at radius 3 is 2.00 bits per heavy atom. The van der Waals surface area contributed by atoms with Crippen molar-refractivity contribution in [3.8, 4) is 0 Å². The van der Waals surface area contributed by atoms with Crippen molar-refractivity contribution in [3.05, 3.63) is 0 Å². The summed E-state index contributed by atoms with van der Waals surface area (Å²) in [5.74, 6) is 2.67. The van der Waals surface area contributed by atoms with Crippen molar-refractivity contribution in [3.63, 3.8) is 0 Å². The molecule has 0 radical (unpaired) electrons. The van der Waals surface area contributed by atoms with Gasteiger partial charge in [-0.25, -0.2) is 0 Å². The number of fused-ring (bicyclic) bond motifs is 2. The molecule has 0 aromatic heterocycles. The van der Waals surface area contributed by atoms with Crippen LogP contribution in [-0.4, -0.2) is 18.3 Å². The van der Waals surface area contributed by atoms with Gasteiger partial charge >= 0.3 is 7.12 Å². The highest BCUT2D eigenvalue weighted by atomic mass is 16.7. The van der Waals surface area contributed by atoms with Crippen LogP contribution in [0.4, 0.5) is 0 Å². The molecule has 3 aliphatic carbocycles. The molecule has 1 heterocycles. The van der Waals surface area contributed by atoms with E-state index in [9.17, 15) is 0 Å². The molecule has 1 saturated heterocycles. The van der Waals surface area contributed by atoms with Gasteiger partial charge in [0, 0.05) is 0 Å². The molecule has 0 aromatic rings. The highest BCUT2D eigenvalue weighted by Gasteiger charge is 2.57. The average molecular weight is 264 g/mol. The Kier molecular flexibility index (Phi) is 2.94. The van der Waals surface area contributed by atoms with Gasteiger partial charge in [0.25, 0.3) is 0 Å². The van der Waals surface area contributed by atoms with Gasteiger partial charge in [-0.05, 0) is 70.0 Å². The molecular formula is C16H29BO2. The fourth-order valence-corrected chi connectivity index (χ4v) is 4.55. The maximum absolute atomic E-state index is 6.18. The molecular weight excluding hydrogens is 235 g/mol. The van der Waals surface area contributed by atoms with Crippen LogP contribution in [0.25, 0.3) is 0 Å². The van der Waals surface area contributed by atoms with Gasteiger partial charge in [-0.15, -0.1) is 0 Å². The van der Waals surface area contributed by atoms with Gasteiger partial charge in [-0.2, -0.15) is 0 Å². The monoisotopic (exact) mass is 264 g/mol. The summed E-state index contributed by atoms with van der Waals surface area (Å²) in [7, 11) is 0.00273. The van der Waals surface area contributed by atoms with E-state index in [1.807, 2.05) is 0 Å². The number of hydrogen-bond acceptors (Lipinski definition) is 2. The number of rotatable bonds is 2. The highest BCUT2D eigenvalue weighted by molar-refractivity contribution is 6.45. The molecule has 0 aromatic carbocycles. The summed E-state index contributed by atoms with van der Waals surface area (Å²) in [6, 6.07) is 0. The topological polar surface area (TPSA) is 18.5 Å². The molecule has 2 bridgehead atoms. The molecule has 0 N–H and O–H groups in total. The van der Waals surface area contributed by atoms with Crippen molar-refractivity contribution in [1.29, 1.82) is 0 Å². The molecule has 1 aliphatic heterocycles. The van der Waals surface area contributed by atoms with Crippen LogP contribution in [0.1, 0.15) is 60.8 Å². The van der Waals surface area contributed by atoms with E-state index < -0.39 is 0 Å². The van der Waals surface area contributed by atoms with Gasteiger partial charge in [0.05, 0.1) is 11.2 Å². The van der Waals surface area contributed by atoms with Crippen molar-refractivity contribution < 1.29 is 9.31 Å². The second-order valence-corrected chi connectivity index (χ2v) is 8.62. The predicted molar refractivity (Wildman–Crippen MR) is 79.0 cm³/mol. The summed E-state index contributed by atoms with van der Waals surface area (Å²) in [5, 5.41) is 0. The second kappa shape index (κ2) is 4.01. The van der Waals surface area contributed by atoms with Crippen molar-refractivity contribution in [1.82, 2.24) is 0 Å². The van der Waals surface area contributed by atoms with Crippen LogP contribution in [0, 0.1) is 23.2 Å². The Bertz CT molecular complexity index is 357. The third kappa shape index (κ3) is 2.00. The van der Waals surface area contributed by atoms with E-state index in [2.05, 4.69) is 41.5 Å². The Hall–Kier alpha value is -0.0151. The first kappa shape index (κ1) is 13.9. The van der Waals surface area contributed by atoms with E-state index in [1.54, 1.807) is 0 Å². The van der Waals surface area contributed by atoms with Crippen molar-refractivity contribution in [2.45, 2.75) is 78.3 Å². The minimum Gasteiger partial charge on any atom is -0.403 e. The molecule has 108 valence electrons. The standard InChI is InChI=1S/C16H29BO2/c1-14(2)12-8-7-11(13(14)9-12)10-17-18-15(3,4)16(5,6)19-17/h11-13H,7-10H2,1-6H3/t11-,12?,13?/m0/s1. The molecule has 3 heteroatoms. The fraction of sp³-hybridized carbons (Fsp3) is 1.00. The molecule has 2 nitrogen and oxygen atoms in total. The smallest absolute Gasteiger partial charge is 0.403 e. The summed E-state index contributed by atoms with van der Waals surface area (Å²) in [4.78, 5) is 0. The zero-order valence-electron chi connectivity index (χ0n) is 13.5. The molecule has 19 heavy (non-hydrogen) atoms. The third-order valence-corrected chi connectivity index (χ3v) is 6.80. The number of hydrogen-bond donors (Lipinski definition) is 0. The first-order valence-corrected chi connectivity index (χ1v) is 7.99. The van der Waals surface area contributed by atoms with Crippen LogP contribution in [0.15, 0.2) is 0 Å². The van der Waals surface area contributed by atoms with Gasteiger partial charge in [0.15, 0.2) is 0 Å². The van der Waals surface area contributed by atoms with Crippen LogP contribution in [0.5, 0.6) is 0 Å². The van der Waals surface area contributed by atoms with Crippen LogP contribution in [0.2, 0.25) is 6.32 Å². The molecule has 0 spiro atoms. The summed E-state index contributed by atoms with van der Waals surface area (Å²) < 4.78 is 12.4. The van der Waals surface area contributed by atoms with Crippen LogP contribution in [0.3, 0.4) is 0 Å². The maximum atomic E-state index is 6.18. The molecule has 4 aliphatic rings. The van der Waals surface area contributed by atoms with Gasteiger partial charge in [-0.1, -0.05) is 20.3 Å². The van der Waals surface area contributed by atoms with E-state index in [4.69, 9.17) is 9.31 Å². The molecule has 3 saturated carbocycles. The van der Waals surface area contributed by atoms with Gasteiger partial charge in [0.1, 0.15) is 0 Å². The first-order chi connectivity index (χ1) is 8.63. The van der Waals surface area contributed by atoms with Gasteiger partial charge in [-0.3, -0.25) is 0 Å². The van der Waals surface area contributed by atoms with Gasteiger partial charge < -0.3 is 9.31 Å². The fourth-order valence-electron chi connectivity index (χ4n) is 4.55. The van der Waals surface area contributed by atoms with Crippen molar-refractivity contribution in [2.75, 3.05) is 0 Å². The second-order valence-electron chi connectivity index (χ2n) is 8.62. The highest BCUT2D eigenvalue weighted by Crippen LogP contribution is 2.62. The quantitative estimate of drug-likeness (QED) is 0.697. The van der Waals surface area contributed by atoms with Crippen LogP contribution < -0.4 is 0 Å². The minimum atomic E-state index is -0.177. The normalized spacial score (nSPS) is 42.0. The van der Waals surface area contributed by atoms with Crippen LogP contribution in [-0.2, 0) is 9.31 Å². The van der Waals surface area contributed by atoms with E-state index >= 15 is 0 Å². The lowest BCUT2D eigenvalue weighted by Crippen LogP contribution is -2.53. The Labute approximate surface area is 118 Å². The largest absolute Gasteiger partial charge is 0.458 e. The zero-order valence-corrected chi connectivity index (χ0v) is 13.5. The maximum Gasteiger partial charge on any atom is 0.458 e.